The highest BCUT2D eigenvalue weighted by Crippen LogP contribution is 2.31. The lowest BCUT2D eigenvalue weighted by Gasteiger charge is -2.08. The zero-order valence-electron chi connectivity index (χ0n) is 11.1. The van der Waals surface area contributed by atoms with Gasteiger partial charge >= 0.3 is 6.09 Å². The van der Waals surface area contributed by atoms with Crippen molar-refractivity contribution >= 4 is 44.5 Å². The molecule has 0 spiro atoms. The Bertz CT molecular complexity index is 761. The van der Waals surface area contributed by atoms with Crippen molar-refractivity contribution in [2.45, 2.75) is 6.61 Å². The molecule has 1 aromatic heterocycles. The molecule has 0 aliphatic heterocycles. The zero-order valence-corrected chi connectivity index (χ0v) is 13.5. The summed E-state index contributed by atoms with van der Waals surface area (Å²) in [5.74, 6) is -3.00. The van der Waals surface area contributed by atoms with E-state index in [0.29, 0.717) is 11.5 Å². The number of carbonyl (C=O) groups is 2. The summed E-state index contributed by atoms with van der Waals surface area (Å²) in [5.41, 5.74) is 4.46. The molecule has 0 bridgehead atoms. The molecule has 23 heavy (non-hydrogen) atoms. The van der Waals surface area contributed by atoms with Gasteiger partial charge in [-0.25, -0.2) is 13.6 Å². The van der Waals surface area contributed by atoms with E-state index >= 15 is 0 Å². The fraction of sp³-hybridized carbons (Fsp3) is 0.0833. The van der Waals surface area contributed by atoms with Crippen LogP contribution in [0, 0.1) is 11.6 Å². The lowest BCUT2D eigenvalue weighted by atomic mass is 10.2. The number of hydrogen-bond acceptors (Lipinski definition) is 5. The van der Waals surface area contributed by atoms with Gasteiger partial charge in [-0.1, -0.05) is 15.9 Å². The van der Waals surface area contributed by atoms with Crippen LogP contribution in [0.4, 0.5) is 18.6 Å². The van der Waals surface area contributed by atoms with Crippen molar-refractivity contribution in [1.82, 2.24) is 4.37 Å². The van der Waals surface area contributed by atoms with Gasteiger partial charge in [-0.3, -0.25) is 10.1 Å². The number of carbonyl (C=O) groups excluding carboxylic acids is 1. The molecule has 0 aliphatic carbocycles. The highest BCUT2D eigenvalue weighted by molar-refractivity contribution is 9.10. The van der Waals surface area contributed by atoms with Crippen LogP contribution in [0.2, 0.25) is 0 Å². The van der Waals surface area contributed by atoms with Gasteiger partial charge in [0, 0.05) is 4.47 Å². The van der Waals surface area contributed by atoms with Gasteiger partial charge < -0.3 is 15.6 Å². The predicted octanol–water partition coefficient (Wildman–Crippen LogP) is 2.95. The number of ether oxygens (including phenoxy) is 1. The number of anilines is 1. The van der Waals surface area contributed by atoms with Gasteiger partial charge in [0.25, 0.3) is 5.91 Å². The van der Waals surface area contributed by atoms with Crippen LogP contribution < -0.4 is 15.8 Å². The monoisotopic (exact) mass is 407 g/mol. The number of hydrogen-bond donors (Lipinski definition) is 3. The number of rotatable bonds is 5. The third-order valence-electron chi connectivity index (χ3n) is 2.59. The Balaban J connectivity index is 2.26. The molecule has 0 fully saturated rings. The Morgan fingerprint density at radius 2 is 2.00 bits per heavy atom. The van der Waals surface area contributed by atoms with E-state index in [1.54, 1.807) is 0 Å². The number of amides is 2. The Morgan fingerprint density at radius 1 is 1.39 bits per heavy atom. The summed E-state index contributed by atoms with van der Waals surface area (Å²) < 4.78 is 36.5. The van der Waals surface area contributed by atoms with E-state index in [2.05, 4.69) is 20.3 Å². The van der Waals surface area contributed by atoms with Crippen molar-refractivity contribution in [3.63, 3.8) is 0 Å². The topological polar surface area (TPSA) is 115 Å². The maximum atomic E-state index is 13.7. The fourth-order valence-electron chi connectivity index (χ4n) is 1.62. The number of halogens is 3. The minimum absolute atomic E-state index is 0.142. The summed E-state index contributed by atoms with van der Waals surface area (Å²) in [5, 5.41) is 10.5. The molecule has 0 radical (unpaired) electrons. The van der Waals surface area contributed by atoms with Crippen LogP contribution in [0.5, 0.6) is 5.88 Å². The van der Waals surface area contributed by atoms with E-state index in [9.17, 15) is 18.4 Å². The van der Waals surface area contributed by atoms with Crippen molar-refractivity contribution in [1.29, 1.82) is 0 Å². The molecular weight excluding hydrogens is 400 g/mol. The largest absolute Gasteiger partial charge is 0.471 e. The molecule has 0 aliphatic rings. The van der Waals surface area contributed by atoms with Crippen LogP contribution in [0.3, 0.4) is 0 Å². The lowest BCUT2D eigenvalue weighted by molar-refractivity contribution is 0.0996. The van der Waals surface area contributed by atoms with Crippen LogP contribution in [-0.2, 0) is 6.61 Å². The second-order valence-electron chi connectivity index (χ2n) is 4.12. The first-order chi connectivity index (χ1) is 10.8. The Morgan fingerprint density at radius 3 is 2.52 bits per heavy atom. The second kappa shape index (κ2) is 6.87. The number of nitrogens with two attached hydrogens (primary N) is 1. The molecule has 2 rings (SSSR count). The predicted molar refractivity (Wildman–Crippen MR) is 80.7 cm³/mol. The Labute approximate surface area is 140 Å². The van der Waals surface area contributed by atoms with Gasteiger partial charge in [0.15, 0.2) is 0 Å². The molecule has 1 aromatic carbocycles. The second-order valence-corrected chi connectivity index (χ2v) is 5.81. The lowest BCUT2D eigenvalue weighted by Crippen LogP contribution is -2.16. The van der Waals surface area contributed by atoms with Gasteiger partial charge in [0.2, 0.25) is 5.88 Å². The van der Waals surface area contributed by atoms with E-state index in [1.165, 1.54) is 0 Å². The molecule has 1 heterocycles. The molecular formula is C12H8BrF2N3O4S. The number of carboxylic acid groups (broad SMARTS) is 1. The quantitative estimate of drug-likeness (QED) is 0.704. The number of nitrogens with zero attached hydrogens (tertiary/aromatic N) is 1. The summed E-state index contributed by atoms with van der Waals surface area (Å²) in [7, 11) is 0. The van der Waals surface area contributed by atoms with Crippen molar-refractivity contribution in [2.24, 2.45) is 5.73 Å². The van der Waals surface area contributed by atoms with E-state index in [0.717, 1.165) is 12.1 Å². The molecule has 0 saturated carbocycles. The van der Waals surface area contributed by atoms with Crippen LogP contribution in [0.15, 0.2) is 16.6 Å². The number of primary amides is 1. The summed E-state index contributed by atoms with van der Waals surface area (Å²) in [4.78, 5) is 22.0. The molecule has 122 valence electrons. The first kappa shape index (κ1) is 17.1. The van der Waals surface area contributed by atoms with E-state index in [-0.39, 0.29) is 26.5 Å². The minimum Gasteiger partial charge on any atom is -0.471 e. The zero-order chi connectivity index (χ0) is 17.1. The third kappa shape index (κ3) is 3.93. The van der Waals surface area contributed by atoms with Gasteiger partial charge in [-0.2, -0.15) is 4.37 Å². The van der Waals surface area contributed by atoms with Crippen LogP contribution in [0.1, 0.15) is 15.9 Å². The Hall–Kier alpha value is -2.27. The van der Waals surface area contributed by atoms with Crippen molar-refractivity contribution in [2.75, 3.05) is 5.32 Å². The average Bonchev–Trinajstić information content (AvgIpc) is 2.79. The van der Waals surface area contributed by atoms with Crippen molar-refractivity contribution < 1.29 is 28.2 Å². The number of aromatic nitrogens is 1. The standard InChI is InChI=1S/C12H8BrF2N3O4S/c13-4-1-6(14)5(7(15)2-4)3-22-10-8(9(16)19)11(23-18-10)17-12(20)21/h1-2,17H,3H2,(H2,16,19)(H,20,21). The molecule has 7 nitrogen and oxygen atoms in total. The minimum atomic E-state index is -1.42. The van der Waals surface area contributed by atoms with Crippen LogP contribution in [-0.4, -0.2) is 21.5 Å². The van der Waals surface area contributed by atoms with Gasteiger partial charge in [0.1, 0.15) is 28.8 Å². The van der Waals surface area contributed by atoms with Crippen LogP contribution in [0.25, 0.3) is 0 Å². The molecule has 0 unspecified atom stereocenters. The fourth-order valence-corrected chi connectivity index (χ4v) is 2.76. The molecule has 0 saturated heterocycles. The maximum absolute atomic E-state index is 13.7. The first-order valence-electron chi connectivity index (χ1n) is 5.85. The maximum Gasteiger partial charge on any atom is 0.409 e. The number of benzene rings is 1. The molecule has 0 atom stereocenters. The highest BCUT2D eigenvalue weighted by atomic mass is 79.9. The number of nitrogens with one attached hydrogen (secondary N) is 1. The van der Waals surface area contributed by atoms with E-state index in [4.69, 9.17) is 15.6 Å². The first-order valence-corrected chi connectivity index (χ1v) is 7.42. The van der Waals surface area contributed by atoms with Crippen molar-refractivity contribution in [3.8, 4) is 5.88 Å². The molecule has 4 N–H and O–H groups in total. The summed E-state index contributed by atoms with van der Waals surface area (Å²) in [6.45, 7) is -0.554. The highest BCUT2D eigenvalue weighted by Gasteiger charge is 2.22. The summed E-state index contributed by atoms with van der Waals surface area (Å²) >= 11 is 3.56. The summed E-state index contributed by atoms with van der Waals surface area (Å²) in [6.07, 6.45) is -1.42. The van der Waals surface area contributed by atoms with Gasteiger partial charge in [-0.05, 0) is 23.7 Å². The third-order valence-corrected chi connectivity index (χ3v) is 3.79. The summed E-state index contributed by atoms with van der Waals surface area (Å²) in [6, 6.07) is 2.10. The van der Waals surface area contributed by atoms with E-state index in [1.807, 2.05) is 5.32 Å². The average molecular weight is 408 g/mol. The molecule has 2 aromatic rings. The van der Waals surface area contributed by atoms with Gasteiger partial charge in [0.05, 0.1) is 5.56 Å². The van der Waals surface area contributed by atoms with Gasteiger partial charge in [-0.15, -0.1) is 0 Å². The van der Waals surface area contributed by atoms with E-state index < -0.39 is 30.2 Å². The molecule has 11 heteroatoms. The van der Waals surface area contributed by atoms with Crippen molar-refractivity contribution in [3.05, 3.63) is 39.4 Å². The smallest absolute Gasteiger partial charge is 0.409 e. The SMILES string of the molecule is NC(=O)c1c(OCc2c(F)cc(Br)cc2F)nsc1NC(=O)O. The molecule has 2 amide bonds. The van der Waals surface area contributed by atoms with Crippen LogP contribution >= 0.6 is 27.5 Å². The Kier molecular flexibility index (Phi) is 5.11. The normalized spacial score (nSPS) is 10.4.